The van der Waals surface area contributed by atoms with Gasteiger partial charge in [0.05, 0.1) is 12.7 Å². The van der Waals surface area contributed by atoms with Crippen LogP contribution in [0.25, 0.3) is 0 Å². The quantitative estimate of drug-likeness (QED) is 0.792. The zero-order valence-electron chi connectivity index (χ0n) is 11.3. The first-order chi connectivity index (χ1) is 8.00. The first-order valence-corrected chi connectivity index (χ1v) is 6.66. The third-order valence-electron chi connectivity index (χ3n) is 3.27. The van der Waals surface area contributed by atoms with E-state index in [9.17, 15) is 4.79 Å². The van der Waals surface area contributed by atoms with Crippen LogP contribution >= 0.6 is 0 Å². The molecule has 0 radical (unpaired) electrons. The van der Waals surface area contributed by atoms with Gasteiger partial charge < -0.3 is 15.4 Å². The van der Waals surface area contributed by atoms with Gasteiger partial charge in [0.2, 0.25) is 5.91 Å². The van der Waals surface area contributed by atoms with Crippen molar-refractivity contribution in [3.63, 3.8) is 0 Å². The first kappa shape index (κ1) is 14.5. The van der Waals surface area contributed by atoms with Gasteiger partial charge in [0.25, 0.3) is 0 Å². The summed E-state index contributed by atoms with van der Waals surface area (Å²) in [4.78, 5) is 14.1. The lowest BCUT2D eigenvalue weighted by molar-refractivity contribution is -0.142. The van der Waals surface area contributed by atoms with E-state index in [4.69, 9.17) is 10.5 Å². The van der Waals surface area contributed by atoms with Crippen molar-refractivity contribution in [3.05, 3.63) is 0 Å². The fourth-order valence-electron chi connectivity index (χ4n) is 2.20. The highest BCUT2D eigenvalue weighted by Gasteiger charge is 2.24. The molecule has 0 spiro atoms. The van der Waals surface area contributed by atoms with Crippen molar-refractivity contribution in [3.8, 4) is 0 Å². The Hall–Kier alpha value is -0.610. The number of ether oxygens (including phenoxy) is 1. The summed E-state index contributed by atoms with van der Waals surface area (Å²) < 4.78 is 5.44. The highest BCUT2D eigenvalue weighted by Crippen LogP contribution is 2.14. The number of rotatable bonds is 5. The van der Waals surface area contributed by atoms with Gasteiger partial charge >= 0.3 is 0 Å². The van der Waals surface area contributed by atoms with Crippen LogP contribution in [0.5, 0.6) is 0 Å². The lowest BCUT2D eigenvalue weighted by atomic mass is 10.0. The standard InChI is InChI=1S/C13H26N2O2/c1-10(5-4-6-11(2)14)13(16)15-7-8-17-12(3)9-15/h10-12H,4-9,14H2,1-3H3. The Labute approximate surface area is 104 Å². The molecule has 100 valence electrons. The molecule has 0 aromatic carbocycles. The van der Waals surface area contributed by atoms with Crippen LogP contribution in [-0.4, -0.2) is 42.6 Å². The molecule has 4 heteroatoms. The zero-order chi connectivity index (χ0) is 12.8. The van der Waals surface area contributed by atoms with E-state index in [-0.39, 0.29) is 24.0 Å². The van der Waals surface area contributed by atoms with E-state index in [1.807, 2.05) is 25.7 Å². The molecule has 3 unspecified atom stereocenters. The van der Waals surface area contributed by atoms with E-state index in [0.29, 0.717) is 6.61 Å². The topological polar surface area (TPSA) is 55.6 Å². The van der Waals surface area contributed by atoms with Gasteiger partial charge in [-0.3, -0.25) is 4.79 Å². The molecule has 1 saturated heterocycles. The average Bonchev–Trinajstić information content (AvgIpc) is 2.27. The van der Waals surface area contributed by atoms with Crippen LogP contribution in [0.1, 0.15) is 40.0 Å². The Balaban J connectivity index is 2.30. The van der Waals surface area contributed by atoms with Gasteiger partial charge in [-0.05, 0) is 26.7 Å². The molecule has 1 aliphatic heterocycles. The van der Waals surface area contributed by atoms with Crippen molar-refractivity contribution in [2.75, 3.05) is 19.7 Å². The van der Waals surface area contributed by atoms with Gasteiger partial charge in [-0.15, -0.1) is 0 Å². The van der Waals surface area contributed by atoms with Gasteiger partial charge in [0, 0.05) is 25.0 Å². The molecule has 4 nitrogen and oxygen atoms in total. The summed E-state index contributed by atoms with van der Waals surface area (Å²) in [6.45, 7) is 8.18. The Morgan fingerprint density at radius 1 is 1.47 bits per heavy atom. The van der Waals surface area contributed by atoms with E-state index < -0.39 is 0 Å². The summed E-state index contributed by atoms with van der Waals surface area (Å²) in [5.41, 5.74) is 5.70. The van der Waals surface area contributed by atoms with Crippen LogP contribution in [0, 0.1) is 5.92 Å². The van der Waals surface area contributed by atoms with Crippen molar-refractivity contribution in [2.24, 2.45) is 11.7 Å². The molecule has 0 saturated carbocycles. The fraction of sp³-hybridized carbons (Fsp3) is 0.923. The summed E-state index contributed by atoms with van der Waals surface area (Å²) in [6, 6.07) is 0.237. The Bertz CT molecular complexity index is 244. The molecule has 2 N–H and O–H groups in total. The Morgan fingerprint density at radius 3 is 2.76 bits per heavy atom. The lowest BCUT2D eigenvalue weighted by Gasteiger charge is -2.33. The highest BCUT2D eigenvalue weighted by atomic mass is 16.5. The number of nitrogens with two attached hydrogens (primary N) is 1. The zero-order valence-corrected chi connectivity index (χ0v) is 11.3. The molecule has 0 aromatic rings. The molecule has 0 bridgehead atoms. The second kappa shape index (κ2) is 6.97. The van der Waals surface area contributed by atoms with Crippen molar-refractivity contribution >= 4 is 5.91 Å². The molecule has 0 aromatic heterocycles. The maximum absolute atomic E-state index is 12.2. The monoisotopic (exact) mass is 242 g/mol. The van der Waals surface area contributed by atoms with Crippen molar-refractivity contribution in [1.82, 2.24) is 4.90 Å². The fourth-order valence-corrected chi connectivity index (χ4v) is 2.20. The van der Waals surface area contributed by atoms with Crippen LogP contribution in [-0.2, 0) is 9.53 Å². The smallest absolute Gasteiger partial charge is 0.225 e. The van der Waals surface area contributed by atoms with Crippen LogP contribution in [0.4, 0.5) is 0 Å². The number of amides is 1. The SMILES string of the molecule is CC(N)CCCC(C)C(=O)N1CCOC(C)C1. The van der Waals surface area contributed by atoms with E-state index >= 15 is 0 Å². The normalized spacial score (nSPS) is 24.5. The molecule has 1 amide bonds. The Kier molecular flexibility index (Phi) is 5.92. The minimum atomic E-state index is 0.110. The van der Waals surface area contributed by atoms with E-state index in [1.165, 1.54) is 0 Å². The first-order valence-electron chi connectivity index (χ1n) is 6.66. The minimum absolute atomic E-state index is 0.110. The van der Waals surface area contributed by atoms with Crippen molar-refractivity contribution in [1.29, 1.82) is 0 Å². The summed E-state index contributed by atoms with van der Waals surface area (Å²) >= 11 is 0. The molecular weight excluding hydrogens is 216 g/mol. The molecule has 17 heavy (non-hydrogen) atoms. The highest BCUT2D eigenvalue weighted by molar-refractivity contribution is 5.78. The third kappa shape index (κ3) is 5.04. The number of carbonyl (C=O) groups excluding carboxylic acids is 1. The second-order valence-electron chi connectivity index (χ2n) is 5.27. The summed E-state index contributed by atoms with van der Waals surface area (Å²) in [5.74, 6) is 0.379. The molecule has 1 fully saturated rings. The largest absolute Gasteiger partial charge is 0.375 e. The van der Waals surface area contributed by atoms with Gasteiger partial charge in [0.15, 0.2) is 0 Å². The molecule has 1 aliphatic rings. The van der Waals surface area contributed by atoms with E-state index in [2.05, 4.69) is 0 Å². The number of hydrogen-bond donors (Lipinski definition) is 1. The number of hydrogen-bond acceptors (Lipinski definition) is 3. The average molecular weight is 242 g/mol. The lowest BCUT2D eigenvalue weighted by Crippen LogP contribution is -2.46. The van der Waals surface area contributed by atoms with Crippen LogP contribution in [0.15, 0.2) is 0 Å². The van der Waals surface area contributed by atoms with Gasteiger partial charge in [-0.25, -0.2) is 0 Å². The number of nitrogens with zero attached hydrogens (tertiary/aromatic N) is 1. The molecule has 3 atom stereocenters. The Morgan fingerprint density at radius 2 is 2.18 bits per heavy atom. The van der Waals surface area contributed by atoms with Gasteiger partial charge in [-0.2, -0.15) is 0 Å². The summed E-state index contributed by atoms with van der Waals surface area (Å²) in [7, 11) is 0. The number of carbonyl (C=O) groups is 1. The van der Waals surface area contributed by atoms with Crippen LogP contribution < -0.4 is 5.73 Å². The minimum Gasteiger partial charge on any atom is -0.375 e. The molecule has 1 rings (SSSR count). The molecule has 0 aliphatic carbocycles. The van der Waals surface area contributed by atoms with Crippen LogP contribution in [0.3, 0.4) is 0 Å². The van der Waals surface area contributed by atoms with E-state index in [0.717, 1.165) is 32.4 Å². The molecule has 1 heterocycles. The van der Waals surface area contributed by atoms with Gasteiger partial charge in [-0.1, -0.05) is 13.3 Å². The van der Waals surface area contributed by atoms with Gasteiger partial charge in [0.1, 0.15) is 0 Å². The molecular formula is C13H26N2O2. The number of morpholine rings is 1. The maximum atomic E-state index is 12.2. The summed E-state index contributed by atoms with van der Waals surface area (Å²) in [5, 5.41) is 0. The second-order valence-corrected chi connectivity index (χ2v) is 5.27. The predicted octanol–water partition coefficient (Wildman–Crippen LogP) is 1.39. The van der Waals surface area contributed by atoms with Crippen molar-refractivity contribution < 1.29 is 9.53 Å². The third-order valence-corrected chi connectivity index (χ3v) is 3.27. The summed E-state index contributed by atoms with van der Waals surface area (Å²) in [6.07, 6.45) is 3.14. The maximum Gasteiger partial charge on any atom is 0.225 e. The van der Waals surface area contributed by atoms with E-state index in [1.54, 1.807) is 0 Å². The van der Waals surface area contributed by atoms with Crippen molar-refractivity contribution in [2.45, 2.75) is 52.2 Å². The van der Waals surface area contributed by atoms with Crippen LogP contribution in [0.2, 0.25) is 0 Å². The predicted molar refractivity (Wildman–Crippen MR) is 68.7 cm³/mol.